The highest BCUT2D eigenvalue weighted by atomic mass is 16.6. The summed E-state index contributed by atoms with van der Waals surface area (Å²) in [7, 11) is 1.76. The molecule has 0 saturated carbocycles. The maximum atomic E-state index is 11.0. The molecule has 0 aliphatic rings. The van der Waals surface area contributed by atoms with E-state index in [4.69, 9.17) is 4.74 Å². The molecule has 2 aromatic rings. The molecule has 0 radical (unpaired) electrons. The number of nitro groups is 1. The van der Waals surface area contributed by atoms with E-state index in [0.29, 0.717) is 19.0 Å². The van der Waals surface area contributed by atoms with Crippen LogP contribution in [0.1, 0.15) is 5.56 Å². The van der Waals surface area contributed by atoms with Gasteiger partial charge in [0, 0.05) is 19.3 Å². The van der Waals surface area contributed by atoms with Gasteiger partial charge in [-0.3, -0.25) is 10.1 Å². The highest BCUT2D eigenvalue weighted by Gasteiger charge is 2.17. The molecule has 2 rings (SSSR count). The minimum atomic E-state index is -0.430. The monoisotopic (exact) mass is 287 g/mol. The van der Waals surface area contributed by atoms with Crippen LogP contribution in [0.5, 0.6) is 5.75 Å². The molecule has 6 nitrogen and oxygen atoms in total. The summed E-state index contributed by atoms with van der Waals surface area (Å²) in [6.45, 7) is 2.93. The summed E-state index contributed by atoms with van der Waals surface area (Å²) in [6.07, 6.45) is 1.54. The molecule has 0 aliphatic carbocycles. The molecule has 0 N–H and O–H groups in total. The third-order valence-electron chi connectivity index (χ3n) is 3.01. The highest BCUT2D eigenvalue weighted by molar-refractivity contribution is 5.56. The number of benzene rings is 1. The van der Waals surface area contributed by atoms with Gasteiger partial charge < -0.3 is 9.64 Å². The van der Waals surface area contributed by atoms with Gasteiger partial charge in [-0.05, 0) is 30.7 Å². The molecule has 1 heterocycles. The Morgan fingerprint density at radius 3 is 2.86 bits per heavy atom. The number of anilines is 1. The average Bonchev–Trinajstić information content (AvgIpc) is 2.47. The van der Waals surface area contributed by atoms with Gasteiger partial charge >= 0.3 is 5.69 Å². The molecular weight excluding hydrogens is 270 g/mol. The molecule has 0 spiro atoms. The molecular formula is C15H17N3O3. The van der Waals surface area contributed by atoms with E-state index in [9.17, 15) is 10.1 Å². The van der Waals surface area contributed by atoms with E-state index >= 15 is 0 Å². The molecule has 0 bridgehead atoms. The molecule has 110 valence electrons. The van der Waals surface area contributed by atoms with Crippen molar-refractivity contribution in [2.75, 3.05) is 25.1 Å². The Labute approximate surface area is 123 Å². The van der Waals surface area contributed by atoms with Crippen LogP contribution in [0.4, 0.5) is 11.5 Å². The van der Waals surface area contributed by atoms with Crippen LogP contribution in [0, 0.1) is 17.0 Å². The smallest absolute Gasteiger partial charge is 0.311 e. The Kier molecular flexibility index (Phi) is 4.71. The third kappa shape index (κ3) is 3.92. The number of aryl methyl sites for hydroxylation is 1. The second-order valence-electron chi connectivity index (χ2n) is 4.69. The van der Waals surface area contributed by atoms with Crippen molar-refractivity contribution in [3.05, 3.63) is 58.3 Å². The van der Waals surface area contributed by atoms with E-state index in [0.717, 1.165) is 11.3 Å². The first kappa shape index (κ1) is 14.8. The van der Waals surface area contributed by atoms with Crippen LogP contribution >= 0.6 is 0 Å². The molecule has 0 unspecified atom stereocenters. The topological polar surface area (TPSA) is 68.5 Å². The first-order valence-corrected chi connectivity index (χ1v) is 6.58. The van der Waals surface area contributed by atoms with Gasteiger partial charge in [-0.1, -0.05) is 12.1 Å². The number of ether oxygens (including phenoxy) is 1. The second-order valence-corrected chi connectivity index (χ2v) is 4.69. The lowest BCUT2D eigenvalue weighted by Crippen LogP contribution is -2.25. The predicted molar refractivity (Wildman–Crippen MR) is 80.8 cm³/mol. The molecule has 0 fully saturated rings. The fourth-order valence-electron chi connectivity index (χ4n) is 1.94. The molecule has 21 heavy (non-hydrogen) atoms. The minimum Gasteiger partial charge on any atom is -0.492 e. The summed E-state index contributed by atoms with van der Waals surface area (Å²) in [4.78, 5) is 16.3. The molecule has 0 saturated heterocycles. The number of likely N-dealkylation sites (N-methyl/N-ethyl adjacent to an activating group) is 1. The van der Waals surface area contributed by atoms with Gasteiger partial charge in [0.1, 0.15) is 12.4 Å². The Bertz CT molecular complexity index is 631. The number of aromatic nitrogens is 1. The fraction of sp³-hybridized carbons (Fsp3) is 0.267. The van der Waals surface area contributed by atoms with Crippen LogP contribution in [0.15, 0.2) is 42.6 Å². The second kappa shape index (κ2) is 6.69. The molecule has 1 aromatic heterocycles. The van der Waals surface area contributed by atoms with Crippen molar-refractivity contribution in [1.82, 2.24) is 4.98 Å². The van der Waals surface area contributed by atoms with Crippen molar-refractivity contribution in [2.45, 2.75) is 6.92 Å². The van der Waals surface area contributed by atoms with Gasteiger partial charge in [0.2, 0.25) is 5.82 Å². The zero-order chi connectivity index (χ0) is 15.2. The van der Waals surface area contributed by atoms with Gasteiger partial charge in [0.15, 0.2) is 0 Å². The van der Waals surface area contributed by atoms with Crippen LogP contribution in [0.3, 0.4) is 0 Å². The Balaban J connectivity index is 1.96. The van der Waals surface area contributed by atoms with E-state index in [2.05, 4.69) is 4.98 Å². The first-order valence-electron chi connectivity index (χ1n) is 6.58. The maximum Gasteiger partial charge on any atom is 0.311 e. The van der Waals surface area contributed by atoms with Gasteiger partial charge in [0.25, 0.3) is 0 Å². The van der Waals surface area contributed by atoms with Crippen molar-refractivity contribution in [3.8, 4) is 5.75 Å². The summed E-state index contributed by atoms with van der Waals surface area (Å²) in [6, 6.07) is 10.8. The third-order valence-corrected chi connectivity index (χ3v) is 3.01. The molecule has 1 aromatic carbocycles. The fourth-order valence-corrected chi connectivity index (χ4v) is 1.94. The van der Waals surface area contributed by atoms with Crippen molar-refractivity contribution in [3.63, 3.8) is 0 Å². The van der Waals surface area contributed by atoms with Gasteiger partial charge in [-0.15, -0.1) is 0 Å². The first-order chi connectivity index (χ1) is 10.1. The van der Waals surface area contributed by atoms with Gasteiger partial charge in [0.05, 0.1) is 11.5 Å². The number of pyridine rings is 1. The number of nitrogens with zero attached hydrogens (tertiary/aromatic N) is 3. The minimum absolute atomic E-state index is 0.00412. The molecule has 0 atom stereocenters. The van der Waals surface area contributed by atoms with Crippen LogP contribution < -0.4 is 9.64 Å². The van der Waals surface area contributed by atoms with Gasteiger partial charge in [-0.2, -0.15) is 0 Å². The lowest BCUT2D eigenvalue weighted by Gasteiger charge is -2.18. The van der Waals surface area contributed by atoms with Crippen LogP contribution in [-0.2, 0) is 0 Å². The number of hydrogen-bond donors (Lipinski definition) is 0. The van der Waals surface area contributed by atoms with Crippen LogP contribution in [0.25, 0.3) is 0 Å². The zero-order valence-electron chi connectivity index (χ0n) is 12.0. The van der Waals surface area contributed by atoms with Crippen molar-refractivity contribution >= 4 is 11.5 Å². The van der Waals surface area contributed by atoms with Crippen LogP contribution in [-0.4, -0.2) is 30.1 Å². The summed E-state index contributed by atoms with van der Waals surface area (Å²) >= 11 is 0. The predicted octanol–water partition coefficient (Wildman–Crippen LogP) is 2.81. The van der Waals surface area contributed by atoms with Gasteiger partial charge in [-0.25, -0.2) is 4.98 Å². The number of hydrogen-bond acceptors (Lipinski definition) is 5. The maximum absolute atomic E-state index is 11.0. The largest absolute Gasteiger partial charge is 0.492 e. The lowest BCUT2D eigenvalue weighted by molar-refractivity contribution is -0.384. The zero-order valence-corrected chi connectivity index (χ0v) is 12.0. The summed E-state index contributed by atoms with van der Waals surface area (Å²) in [5, 5.41) is 11.0. The summed E-state index contributed by atoms with van der Waals surface area (Å²) in [5.41, 5.74) is 1.12. The number of rotatable bonds is 6. The Hall–Kier alpha value is -2.63. The normalized spacial score (nSPS) is 10.2. The molecule has 0 aliphatic heterocycles. The van der Waals surface area contributed by atoms with Crippen molar-refractivity contribution < 1.29 is 9.66 Å². The summed E-state index contributed by atoms with van der Waals surface area (Å²) < 4.78 is 5.64. The van der Waals surface area contributed by atoms with E-state index in [1.165, 1.54) is 6.07 Å². The Morgan fingerprint density at radius 1 is 1.33 bits per heavy atom. The standard InChI is InChI=1S/C15H17N3O3/c1-12-5-3-6-13(11-12)21-10-9-17(2)15-14(18(19)20)7-4-8-16-15/h3-8,11H,9-10H2,1-2H3. The molecule has 0 amide bonds. The summed E-state index contributed by atoms with van der Waals surface area (Å²) in [5.74, 6) is 1.13. The SMILES string of the molecule is Cc1cccc(OCCN(C)c2ncccc2[N+](=O)[O-])c1. The van der Waals surface area contributed by atoms with E-state index in [-0.39, 0.29) is 5.69 Å². The quantitative estimate of drug-likeness (QED) is 0.603. The van der Waals surface area contributed by atoms with Crippen molar-refractivity contribution in [2.24, 2.45) is 0 Å². The lowest BCUT2D eigenvalue weighted by atomic mass is 10.2. The van der Waals surface area contributed by atoms with Crippen molar-refractivity contribution in [1.29, 1.82) is 0 Å². The van der Waals surface area contributed by atoms with E-state index in [1.807, 2.05) is 31.2 Å². The Morgan fingerprint density at radius 2 is 2.14 bits per heavy atom. The van der Waals surface area contributed by atoms with E-state index in [1.54, 1.807) is 24.2 Å². The van der Waals surface area contributed by atoms with Crippen LogP contribution in [0.2, 0.25) is 0 Å². The highest BCUT2D eigenvalue weighted by Crippen LogP contribution is 2.23. The molecule has 6 heteroatoms. The average molecular weight is 287 g/mol. The van der Waals surface area contributed by atoms with E-state index < -0.39 is 4.92 Å².